The quantitative estimate of drug-likeness (QED) is 0.778. The fourth-order valence-electron chi connectivity index (χ4n) is 1.52. The van der Waals surface area contributed by atoms with Crippen LogP contribution in [0.3, 0.4) is 0 Å². The molecule has 2 aromatic rings. The lowest BCUT2D eigenvalue weighted by Gasteiger charge is -2.12. The van der Waals surface area contributed by atoms with Crippen LogP contribution >= 0.6 is 23.2 Å². The lowest BCUT2D eigenvalue weighted by Crippen LogP contribution is -1.97. The van der Waals surface area contributed by atoms with E-state index in [-0.39, 0.29) is 0 Å². The van der Waals surface area contributed by atoms with Crippen LogP contribution in [0.4, 0.5) is 17.1 Å². The van der Waals surface area contributed by atoms with Crippen molar-refractivity contribution in [1.29, 1.82) is 0 Å². The molecule has 0 aliphatic rings. The molecule has 0 aliphatic heterocycles. The lowest BCUT2D eigenvalue weighted by molar-refractivity contribution is 1.45. The zero-order valence-electron chi connectivity index (χ0n) is 9.30. The van der Waals surface area contributed by atoms with Crippen LogP contribution in [0.15, 0.2) is 36.4 Å². The molecule has 0 amide bonds. The fourth-order valence-corrected chi connectivity index (χ4v) is 1.87. The summed E-state index contributed by atoms with van der Waals surface area (Å²) in [6.07, 6.45) is 0. The molecule has 3 N–H and O–H groups in total. The largest absolute Gasteiger partial charge is 0.397 e. The Kier molecular flexibility index (Phi) is 3.46. The van der Waals surface area contributed by atoms with E-state index in [1.54, 1.807) is 6.07 Å². The first-order valence-corrected chi connectivity index (χ1v) is 5.90. The van der Waals surface area contributed by atoms with Gasteiger partial charge < -0.3 is 11.1 Å². The number of nitrogens with two attached hydrogens (primary N) is 1. The Balaban J connectivity index is 2.38. The monoisotopic (exact) mass is 266 g/mol. The average molecular weight is 267 g/mol. The summed E-state index contributed by atoms with van der Waals surface area (Å²) in [5, 5.41) is 4.19. The molecule has 2 nitrogen and oxygen atoms in total. The molecule has 0 aliphatic carbocycles. The van der Waals surface area contributed by atoms with Gasteiger partial charge in [0, 0.05) is 0 Å². The van der Waals surface area contributed by atoms with Gasteiger partial charge in [0.2, 0.25) is 0 Å². The number of hydrogen-bond donors (Lipinski definition) is 2. The van der Waals surface area contributed by atoms with Gasteiger partial charge in [-0.3, -0.25) is 0 Å². The summed E-state index contributed by atoms with van der Waals surface area (Å²) in [7, 11) is 0. The lowest BCUT2D eigenvalue weighted by atomic mass is 10.2. The second-order valence-electron chi connectivity index (χ2n) is 3.82. The number of aryl methyl sites for hydroxylation is 1. The predicted molar refractivity (Wildman–Crippen MR) is 75.3 cm³/mol. The van der Waals surface area contributed by atoms with Crippen molar-refractivity contribution in [2.24, 2.45) is 0 Å². The number of nitrogen functional groups attached to an aromatic ring is 1. The van der Waals surface area contributed by atoms with Gasteiger partial charge >= 0.3 is 0 Å². The Bertz CT molecular complexity index is 553. The molecule has 2 aromatic carbocycles. The highest BCUT2D eigenvalue weighted by molar-refractivity contribution is 6.43. The molecule has 0 atom stereocenters. The van der Waals surface area contributed by atoms with E-state index in [1.807, 2.05) is 37.3 Å². The van der Waals surface area contributed by atoms with Crippen LogP contribution in [-0.2, 0) is 0 Å². The maximum absolute atomic E-state index is 6.10. The minimum absolute atomic E-state index is 0.495. The van der Waals surface area contributed by atoms with E-state index < -0.39 is 0 Å². The van der Waals surface area contributed by atoms with Crippen molar-refractivity contribution < 1.29 is 0 Å². The molecule has 0 fully saturated rings. The molecular weight excluding hydrogens is 255 g/mol. The molecule has 88 valence electrons. The molecule has 2 rings (SSSR count). The summed E-state index contributed by atoms with van der Waals surface area (Å²) < 4.78 is 0. The number of halogens is 2. The van der Waals surface area contributed by atoms with Crippen LogP contribution in [0.2, 0.25) is 10.0 Å². The van der Waals surface area contributed by atoms with Gasteiger partial charge in [-0.25, -0.2) is 0 Å². The SMILES string of the molecule is Cc1ccc(N)c(Nc2cccc(Cl)c2Cl)c1. The topological polar surface area (TPSA) is 38.0 Å². The number of rotatable bonds is 2. The number of benzene rings is 2. The molecular formula is C13H12Cl2N2. The van der Waals surface area contributed by atoms with E-state index >= 15 is 0 Å². The fraction of sp³-hybridized carbons (Fsp3) is 0.0769. The van der Waals surface area contributed by atoms with Gasteiger partial charge in [-0.15, -0.1) is 0 Å². The maximum atomic E-state index is 6.10. The van der Waals surface area contributed by atoms with Crippen LogP contribution < -0.4 is 11.1 Å². The second kappa shape index (κ2) is 4.86. The highest BCUT2D eigenvalue weighted by Crippen LogP contribution is 2.33. The molecule has 0 radical (unpaired) electrons. The third kappa shape index (κ3) is 2.65. The van der Waals surface area contributed by atoms with Crippen LogP contribution in [0.1, 0.15) is 5.56 Å². The maximum Gasteiger partial charge on any atom is 0.0827 e. The molecule has 4 heteroatoms. The minimum atomic E-state index is 0.495. The van der Waals surface area contributed by atoms with Gasteiger partial charge in [0.15, 0.2) is 0 Å². The Morgan fingerprint density at radius 3 is 2.59 bits per heavy atom. The number of anilines is 3. The Morgan fingerprint density at radius 2 is 1.82 bits per heavy atom. The smallest absolute Gasteiger partial charge is 0.0827 e. The van der Waals surface area contributed by atoms with Crippen molar-refractivity contribution in [3.8, 4) is 0 Å². The van der Waals surface area contributed by atoms with Gasteiger partial charge in [0.05, 0.1) is 27.1 Å². The average Bonchev–Trinajstić information content (AvgIpc) is 2.30. The molecule has 0 saturated carbocycles. The van der Waals surface area contributed by atoms with Crippen LogP contribution in [0.25, 0.3) is 0 Å². The summed E-state index contributed by atoms with van der Waals surface area (Å²) in [5.74, 6) is 0. The van der Waals surface area contributed by atoms with Crippen LogP contribution in [0, 0.1) is 6.92 Å². The summed E-state index contributed by atoms with van der Waals surface area (Å²) in [4.78, 5) is 0. The third-order valence-electron chi connectivity index (χ3n) is 2.43. The van der Waals surface area contributed by atoms with Gasteiger partial charge in [-0.1, -0.05) is 35.3 Å². The molecule has 0 bridgehead atoms. The Hall–Kier alpha value is -1.38. The second-order valence-corrected chi connectivity index (χ2v) is 4.60. The Labute approximate surface area is 110 Å². The van der Waals surface area contributed by atoms with Crippen molar-refractivity contribution in [1.82, 2.24) is 0 Å². The molecule has 0 spiro atoms. The third-order valence-corrected chi connectivity index (χ3v) is 3.25. The van der Waals surface area contributed by atoms with Crippen molar-refractivity contribution >= 4 is 40.3 Å². The van der Waals surface area contributed by atoms with Crippen molar-refractivity contribution in [3.05, 3.63) is 52.0 Å². The highest BCUT2D eigenvalue weighted by Gasteiger charge is 2.06. The van der Waals surface area contributed by atoms with Crippen LogP contribution in [-0.4, -0.2) is 0 Å². The van der Waals surface area contributed by atoms with E-state index in [9.17, 15) is 0 Å². The van der Waals surface area contributed by atoms with E-state index in [2.05, 4.69) is 5.32 Å². The first-order chi connectivity index (χ1) is 8.08. The normalized spacial score (nSPS) is 10.3. The van der Waals surface area contributed by atoms with Crippen molar-refractivity contribution in [2.45, 2.75) is 6.92 Å². The number of nitrogens with one attached hydrogen (secondary N) is 1. The van der Waals surface area contributed by atoms with Gasteiger partial charge in [0.1, 0.15) is 0 Å². The van der Waals surface area contributed by atoms with E-state index in [4.69, 9.17) is 28.9 Å². The molecule has 17 heavy (non-hydrogen) atoms. The first kappa shape index (κ1) is 12.1. The minimum Gasteiger partial charge on any atom is -0.397 e. The predicted octanol–water partition coefficient (Wildman–Crippen LogP) is 4.63. The van der Waals surface area contributed by atoms with E-state index in [1.165, 1.54) is 0 Å². The molecule has 0 heterocycles. The summed E-state index contributed by atoms with van der Waals surface area (Å²) in [6, 6.07) is 11.2. The highest BCUT2D eigenvalue weighted by atomic mass is 35.5. The van der Waals surface area contributed by atoms with Crippen LogP contribution in [0.5, 0.6) is 0 Å². The summed E-state index contributed by atoms with van der Waals surface area (Å²) >= 11 is 12.0. The molecule has 0 aromatic heterocycles. The Morgan fingerprint density at radius 1 is 1.06 bits per heavy atom. The number of hydrogen-bond acceptors (Lipinski definition) is 2. The zero-order valence-corrected chi connectivity index (χ0v) is 10.8. The first-order valence-electron chi connectivity index (χ1n) is 5.15. The van der Waals surface area contributed by atoms with Gasteiger partial charge in [-0.05, 0) is 36.8 Å². The molecule has 0 unspecified atom stereocenters. The van der Waals surface area contributed by atoms with Crippen molar-refractivity contribution in [3.63, 3.8) is 0 Å². The van der Waals surface area contributed by atoms with Crippen molar-refractivity contribution in [2.75, 3.05) is 11.1 Å². The standard InChI is InChI=1S/C13H12Cl2N2/c1-8-5-6-10(16)12(7-8)17-11-4-2-3-9(14)13(11)15/h2-7,17H,16H2,1H3. The van der Waals surface area contributed by atoms with Gasteiger partial charge in [-0.2, -0.15) is 0 Å². The summed E-state index contributed by atoms with van der Waals surface area (Å²) in [5.41, 5.74) is 9.26. The van der Waals surface area contributed by atoms with Gasteiger partial charge in [0.25, 0.3) is 0 Å². The van der Waals surface area contributed by atoms with E-state index in [0.29, 0.717) is 15.7 Å². The van der Waals surface area contributed by atoms with E-state index in [0.717, 1.165) is 16.9 Å². The molecule has 0 saturated heterocycles. The zero-order chi connectivity index (χ0) is 12.4. The summed E-state index contributed by atoms with van der Waals surface area (Å²) in [6.45, 7) is 2.00.